The number of carbonyl (C=O) groups excluding carboxylic acids is 3. The largest absolute Gasteiger partial charge is 0.335 e. The van der Waals surface area contributed by atoms with Crippen molar-refractivity contribution in [2.45, 2.75) is 41.5 Å². The van der Waals surface area contributed by atoms with Crippen LogP contribution in [0.3, 0.4) is 0 Å². The summed E-state index contributed by atoms with van der Waals surface area (Å²) in [6, 6.07) is 12.9. The molecular formula is C27H27N3O3. The van der Waals surface area contributed by atoms with Crippen molar-refractivity contribution in [3.05, 3.63) is 87.2 Å². The molecule has 0 saturated carbocycles. The first-order valence-electron chi connectivity index (χ1n) is 10.8. The van der Waals surface area contributed by atoms with E-state index >= 15 is 0 Å². The van der Waals surface area contributed by atoms with E-state index in [1.807, 2.05) is 39.8 Å². The molecule has 4 amide bonds. The minimum absolute atomic E-state index is 0.0744. The van der Waals surface area contributed by atoms with Crippen molar-refractivity contribution in [3.63, 3.8) is 0 Å². The maximum atomic E-state index is 13.3. The highest BCUT2D eigenvalue weighted by Gasteiger charge is 2.37. The number of amides is 4. The second kappa shape index (κ2) is 8.20. The topological polar surface area (TPSA) is 71.4 Å². The van der Waals surface area contributed by atoms with E-state index < -0.39 is 17.8 Å². The van der Waals surface area contributed by atoms with E-state index in [2.05, 4.69) is 41.9 Å². The van der Waals surface area contributed by atoms with Crippen LogP contribution >= 0.6 is 0 Å². The highest BCUT2D eigenvalue weighted by atomic mass is 16.2. The number of hydrogen-bond acceptors (Lipinski definition) is 3. The SMILES string of the molecule is Cc1cc(C)cc(N2C(=O)NC(=O)/C(=C\c3cc(C)n(-c4ccc(C)cc4C)c3C)C2=O)c1. The lowest BCUT2D eigenvalue weighted by molar-refractivity contribution is -0.122. The molecule has 1 aliphatic heterocycles. The van der Waals surface area contributed by atoms with Gasteiger partial charge in [0.2, 0.25) is 0 Å². The van der Waals surface area contributed by atoms with E-state index in [-0.39, 0.29) is 5.57 Å². The summed E-state index contributed by atoms with van der Waals surface area (Å²) in [6.45, 7) is 11.8. The summed E-state index contributed by atoms with van der Waals surface area (Å²) in [5, 5.41) is 2.31. The number of aromatic nitrogens is 1. The zero-order chi connectivity index (χ0) is 24.0. The first-order chi connectivity index (χ1) is 15.6. The maximum absolute atomic E-state index is 13.3. The smallest absolute Gasteiger partial charge is 0.318 e. The molecule has 2 heterocycles. The summed E-state index contributed by atoms with van der Waals surface area (Å²) in [5.74, 6) is -1.33. The van der Waals surface area contributed by atoms with Gasteiger partial charge in [-0.15, -0.1) is 0 Å². The first kappa shape index (κ1) is 22.3. The Morgan fingerprint density at radius 2 is 1.45 bits per heavy atom. The lowest BCUT2D eigenvalue weighted by Crippen LogP contribution is -2.54. The number of nitrogens with zero attached hydrogens (tertiary/aromatic N) is 2. The van der Waals surface area contributed by atoms with Gasteiger partial charge in [0.1, 0.15) is 5.57 Å². The number of imide groups is 2. The van der Waals surface area contributed by atoms with Gasteiger partial charge >= 0.3 is 6.03 Å². The summed E-state index contributed by atoms with van der Waals surface area (Å²) in [5.41, 5.74) is 8.21. The third kappa shape index (κ3) is 4.00. The second-order valence-electron chi connectivity index (χ2n) is 8.76. The molecule has 0 atom stereocenters. The molecule has 4 rings (SSSR count). The van der Waals surface area contributed by atoms with Crippen LogP contribution in [-0.2, 0) is 9.59 Å². The van der Waals surface area contributed by atoms with Crippen LogP contribution in [0.15, 0.2) is 48.0 Å². The van der Waals surface area contributed by atoms with Gasteiger partial charge in [0.05, 0.1) is 5.69 Å². The Morgan fingerprint density at radius 3 is 2.09 bits per heavy atom. The molecule has 33 heavy (non-hydrogen) atoms. The number of aryl methyl sites for hydroxylation is 5. The molecule has 1 aromatic heterocycles. The van der Waals surface area contributed by atoms with E-state index in [1.54, 1.807) is 18.2 Å². The van der Waals surface area contributed by atoms with Crippen LogP contribution in [-0.4, -0.2) is 22.4 Å². The normalized spacial score (nSPS) is 15.4. The van der Waals surface area contributed by atoms with Crippen LogP contribution in [0, 0.1) is 41.5 Å². The lowest BCUT2D eigenvalue weighted by atomic mass is 10.1. The van der Waals surface area contributed by atoms with E-state index in [1.165, 1.54) is 5.56 Å². The fourth-order valence-electron chi connectivity index (χ4n) is 4.49. The fraction of sp³-hybridized carbons (Fsp3) is 0.222. The number of benzene rings is 2. The monoisotopic (exact) mass is 441 g/mol. The number of carbonyl (C=O) groups is 3. The van der Waals surface area contributed by atoms with Crippen molar-refractivity contribution in [1.29, 1.82) is 0 Å². The summed E-state index contributed by atoms with van der Waals surface area (Å²) in [6.07, 6.45) is 1.57. The fourth-order valence-corrected chi connectivity index (χ4v) is 4.49. The van der Waals surface area contributed by atoms with Crippen LogP contribution in [0.4, 0.5) is 10.5 Å². The van der Waals surface area contributed by atoms with Crippen LogP contribution in [0.25, 0.3) is 11.8 Å². The molecule has 1 N–H and O–H groups in total. The molecule has 0 aliphatic carbocycles. The van der Waals surface area contributed by atoms with Crippen molar-refractivity contribution < 1.29 is 14.4 Å². The summed E-state index contributed by atoms with van der Waals surface area (Å²) >= 11 is 0. The Balaban J connectivity index is 1.79. The number of nitrogens with one attached hydrogen (secondary N) is 1. The predicted molar refractivity (Wildman–Crippen MR) is 130 cm³/mol. The number of rotatable bonds is 3. The molecule has 0 spiro atoms. The van der Waals surface area contributed by atoms with E-state index in [4.69, 9.17) is 0 Å². The minimum Gasteiger partial charge on any atom is -0.318 e. The number of hydrogen-bond donors (Lipinski definition) is 1. The molecule has 1 aliphatic rings. The van der Waals surface area contributed by atoms with Gasteiger partial charge in [-0.05, 0) is 94.1 Å². The summed E-state index contributed by atoms with van der Waals surface area (Å²) in [4.78, 5) is 39.5. The molecule has 0 unspecified atom stereocenters. The Hall–Kier alpha value is -3.93. The van der Waals surface area contributed by atoms with Gasteiger partial charge in [-0.2, -0.15) is 0 Å². The van der Waals surface area contributed by atoms with Crippen molar-refractivity contribution in [3.8, 4) is 5.69 Å². The molecule has 3 aromatic rings. The molecule has 1 fully saturated rings. The van der Waals surface area contributed by atoms with Gasteiger partial charge in [0.25, 0.3) is 11.8 Å². The second-order valence-corrected chi connectivity index (χ2v) is 8.76. The van der Waals surface area contributed by atoms with Gasteiger partial charge in [-0.3, -0.25) is 14.9 Å². The first-order valence-corrected chi connectivity index (χ1v) is 10.8. The third-order valence-corrected chi connectivity index (χ3v) is 5.93. The quantitative estimate of drug-likeness (QED) is 0.460. The van der Waals surface area contributed by atoms with Gasteiger partial charge in [-0.25, -0.2) is 9.69 Å². The maximum Gasteiger partial charge on any atom is 0.335 e. The van der Waals surface area contributed by atoms with Crippen molar-refractivity contribution in [1.82, 2.24) is 9.88 Å². The molecule has 2 aromatic carbocycles. The average Bonchev–Trinajstić information content (AvgIpc) is 2.98. The third-order valence-electron chi connectivity index (χ3n) is 5.93. The zero-order valence-corrected chi connectivity index (χ0v) is 19.7. The van der Waals surface area contributed by atoms with E-state index in [0.29, 0.717) is 5.69 Å². The predicted octanol–water partition coefficient (Wildman–Crippen LogP) is 4.99. The Morgan fingerprint density at radius 1 is 0.788 bits per heavy atom. The van der Waals surface area contributed by atoms with Crippen molar-refractivity contribution in [2.75, 3.05) is 4.90 Å². The van der Waals surface area contributed by atoms with Crippen molar-refractivity contribution in [2.24, 2.45) is 0 Å². The standard InChI is InChI=1S/C27H27N3O3/c1-15-7-8-24(18(4)10-15)29-19(5)13-21(20(29)6)14-23-25(31)28-27(33)30(26(23)32)22-11-16(2)9-17(3)12-22/h7-14H,1-6H3,(H,28,31,33)/b23-14+. The molecule has 0 radical (unpaired) electrons. The van der Waals surface area contributed by atoms with Crippen LogP contribution in [0.1, 0.15) is 39.2 Å². The molecule has 168 valence electrons. The average molecular weight is 442 g/mol. The summed E-state index contributed by atoms with van der Waals surface area (Å²) < 4.78 is 2.11. The van der Waals surface area contributed by atoms with Gasteiger partial charge in [-0.1, -0.05) is 23.8 Å². The Bertz CT molecular complexity index is 1340. The molecule has 0 bridgehead atoms. The minimum atomic E-state index is -0.743. The molecule has 6 heteroatoms. The number of anilines is 1. The van der Waals surface area contributed by atoms with Crippen LogP contribution in [0.5, 0.6) is 0 Å². The van der Waals surface area contributed by atoms with E-state index in [9.17, 15) is 14.4 Å². The van der Waals surface area contributed by atoms with Crippen LogP contribution in [0.2, 0.25) is 0 Å². The molecular weight excluding hydrogens is 414 g/mol. The van der Waals surface area contributed by atoms with Crippen LogP contribution < -0.4 is 10.2 Å². The Labute approximate surface area is 193 Å². The molecule has 6 nitrogen and oxygen atoms in total. The zero-order valence-electron chi connectivity index (χ0n) is 19.7. The number of barbiturate groups is 1. The van der Waals surface area contributed by atoms with Crippen molar-refractivity contribution >= 4 is 29.6 Å². The lowest BCUT2D eigenvalue weighted by Gasteiger charge is -2.27. The number of urea groups is 1. The molecule has 1 saturated heterocycles. The van der Waals surface area contributed by atoms with Gasteiger partial charge in [0, 0.05) is 17.1 Å². The summed E-state index contributed by atoms with van der Waals surface area (Å²) in [7, 11) is 0. The van der Waals surface area contributed by atoms with Gasteiger partial charge < -0.3 is 4.57 Å². The van der Waals surface area contributed by atoms with Gasteiger partial charge in [0.15, 0.2) is 0 Å². The Kier molecular flexibility index (Phi) is 5.54. The van der Waals surface area contributed by atoms with E-state index in [0.717, 1.165) is 44.2 Å². The highest BCUT2D eigenvalue weighted by molar-refractivity contribution is 6.39. The highest BCUT2D eigenvalue weighted by Crippen LogP contribution is 2.28.